The van der Waals surface area contributed by atoms with Crippen LogP contribution >= 0.6 is 11.8 Å². The van der Waals surface area contributed by atoms with Gasteiger partial charge in [0.05, 0.1) is 4.75 Å². The number of benzene rings is 5. The molecule has 1 amide bonds. The van der Waals surface area contributed by atoms with Crippen molar-refractivity contribution in [1.29, 1.82) is 0 Å². The van der Waals surface area contributed by atoms with E-state index in [1.807, 2.05) is 18.8 Å². The van der Waals surface area contributed by atoms with Gasteiger partial charge in [0.2, 0.25) is 0 Å². The van der Waals surface area contributed by atoms with Crippen LogP contribution in [0.1, 0.15) is 40.7 Å². The van der Waals surface area contributed by atoms with Crippen molar-refractivity contribution in [3.8, 4) is 11.1 Å². The highest BCUT2D eigenvalue weighted by atomic mass is 32.2. The van der Waals surface area contributed by atoms with Gasteiger partial charge in [0.15, 0.2) is 0 Å². The molecule has 0 saturated heterocycles. The van der Waals surface area contributed by atoms with Gasteiger partial charge in [-0.25, -0.2) is 4.79 Å². The number of fused-ring (bicyclic) bond motifs is 3. The summed E-state index contributed by atoms with van der Waals surface area (Å²) in [4.78, 5) is 15.1. The Hall–Kier alpha value is -4.28. The molecule has 4 heteroatoms. The van der Waals surface area contributed by atoms with Crippen molar-refractivity contribution < 1.29 is 9.53 Å². The molecule has 1 atom stereocenters. The Morgan fingerprint density at radius 2 is 1.10 bits per heavy atom. The predicted octanol–water partition coefficient (Wildman–Crippen LogP) is 8.98. The second-order valence-electron chi connectivity index (χ2n) is 10.9. The number of amides is 1. The SMILES string of the molecule is C[C@@H](CSC(c1ccccc1)(c1ccccc1)c1ccccc1)N(C)C(=O)OCC1c2ccccc2-c2ccccc21. The van der Waals surface area contributed by atoms with E-state index in [0.717, 1.165) is 5.75 Å². The van der Waals surface area contributed by atoms with Crippen LogP contribution < -0.4 is 0 Å². The lowest BCUT2D eigenvalue weighted by Crippen LogP contribution is -2.39. The van der Waals surface area contributed by atoms with E-state index in [1.165, 1.54) is 38.9 Å². The van der Waals surface area contributed by atoms with Crippen molar-refractivity contribution in [2.75, 3.05) is 19.4 Å². The van der Waals surface area contributed by atoms with Crippen LogP contribution in [-0.4, -0.2) is 36.4 Å². The zero-order chi connectivity index (χ0) is 28.9. The van der Waals surface area contributed by atoms with Crippen LogP contribution in [0.25, 0.3) is 11.1 Å². The van der Waals surface area contributed by atoms with Gasteiger partial charge < -0.3 is 9.64 Å². The molecule has 0 aliphatic heterocycles. The maximum Gasteiger partial charge on any atom is 0.409 e. The van der Waals surface area contributed by atoms with E-state index < -0.39 is 4.75 Å². The van der Waals surface area contributed by atoms with Crippen molar-refractivity contribution in [2.45, 2.75) is 23.6 Å². The molecular formula is C38H35NO2S. The number of carbonyl (C=O) groups excluding carboxylic acids is 1. The summed E-state index contributed by atoms with van der Waals surface area (Å²) in [6.45, 7) is 2.42. The van der Waals surface area contributed by atoms with Crippen LogP contribution in [0, 0.1) is 0 Å². The maximum atomic E-state index is 13.4. The van der Waals surface area contributed by atoms with E-state index in [0.29, 0.717) is 6.61 Å². The van der Waals surface area contributed by atoms with Crippen molar-refractivity contribution in [3.63, 3.8) is 0 Å². The topological polar surface area (TPSA) is 29.5 Å². The third-order valence-electron chi connectivity index (χ3n) is 8.37. The number of hydrogen-bond donors (Lipinski definition) is 0. The first kappa shape index (κ1) is 27.9. The van der Waals surface area contributed by atoms with Gasteiger partial charge in [0, 0.05) is 24.8 Å². The van der Waals surface area contributed by atoms with E-state index in [4.69, 9.17) is 4.74 Å². The zero-order valence-corrected chi connectivity index (χ0v) is 24.8. The Balaban J connectivity index is 1.21. The quantitative estimate of drug-likeness (QED) is 0.166. The molecule has 6 rings (SSSR count). The highest BCUT2D eigenvalue weighted by molar-refractivity contribution is 8.00. The molecule has 5 aromatic carbocycles. The first-order valence-corrected chi connectivity index (χ1v) is 15.5. The van der Waals surface area contributed by atoms with Gasteiger partial charge in [-0.1, -0.05) is 140 Å². The minimum absolute atomic E-state index is 0.0429. The lowest BCUT2D eigenvalue weighted by molar-refractivity contribution is 0.100. The van der Waals surface area contributed by atoms with Gasteiger partial charge in [-0.05, 0) is 45.9 Å². The second-order valence-corrected chi connectivity index (χ2v) is 12.1. The van der Waals surface area contributed by atoms with E-state index >= 15 is 0 Å². The average molecular weight is 570 g/mol. The lowest BCUT2D eigenvalue weighted by atomic mass is 9.84. The predicted molar refractivity (Wildman–Crippen MR) is 174 cm³/mol. The van der Waals surface area contributed by atoms with Crippen LogP contribution in [0.3, 0.4) is 0 Å². The first-order valence-electron chi connectivity index (χ1n) is 14.5. The molecule has 210 valence electrons. The molecule has 0 spiro atoms. The summed E-state index contributed by atoms with van der Waals surface area (Å²) >= 11 is 1.86. The third kappa shape index (κ3) is 5.23. The van der Waals surface area contributed by atoms with Crippen LogP contribution in [0.2, 0.25) is 0 Å². The summed E-state index contributed by atoms with van der Waals surface area (Å²) in [5, 5.41) is 0. The Labute approximate surface area is 253 Å². The number of hydrogen-bond acceptors (Lipinski definition) is 3. The number of nitrogens with zero attached hydrogens (tertiary/aromatic N) is 1. The highest BCUT2D eigenvalue weighted by Crippen LogP contribution is 2.49. The number of ether oxygens (including phenoxy) is 1. The highest BCUT2D eigenvalue weighted by Gasteiger charge is 2.38. The molecule has 1 aliphatic rings. The minimum atomic E-state index is -0.431. The molecule has 3 nitrogen and oxygen atoms in total. The van der Waals surface area contributed by atoms with Gasteiger partial charge in [-0.15, -0.1) is 11.8 Å². The minimum Gasteiger partial charge on any atom is -0.448 e. The van der Waals surface area contributed by atoms with Gasteiger partial charge >= 0.3 is 6.09 Å². The lowest BCUT2D eigenvalue weighted by Gasteiger charge is -2.37. The smallest absolute Gasteiger partial charge is 0.409 e. The van der Waals surface area contributed by atoms with E-state index in [9.17, 15) is 4.79 Å². The fourth-order valence-corrected chi connectivity index (χ4v) is 7.62. The van der Waals surface area contributed by atoms with Gasteiger partial charge in [0.25, 0.3) is 0 Å². The average Bonchev–Trinajstić information content (AvgIpc) is 3.38. The molecule has 0 aromatic heterocycles. The van der Waals surface area contributed by atoms with Crippen LogP contribution in [0.5, 0.6) is 0 Å². The van der Waals surface area contributed by atoms with Crippen LogP contribution in [-0.2, 0) is 9.48 Å². The third-order valence-corrected chi connectivity index (χ3v) is 10.2. The molecule has 5 aromatic rings. The number of thioether (sulfide) groups is 1. The summed E-state index contributed by atoms with van der Waals surface area (Å²) in [5.74, 6) is 0.764. The Morgan fingerprint density at radius 1 is 0.690 bits per heavy atom. The molecule has 0 unspecified atom stereocenters. The van der Waals surface area contributed by atoms with E-state index in [-0.39, 0.29) is 18.1 Å². The molecule has 42 heavy (non-hydrogen) atoms. The summed E-state index contributed by atoms with van der Waals surface area (Å²) in [6.07, 6.45) is -0.297. The number of carbonyl (C=O) groups is 1. The molecule has 0 bridgehead atoms. The summed E-state index contributed by atoms with van der Waals surface area (Å²) in [5.41, 5.74) is 8.53. The Bertz CT molecular complexity index is 1500. The van der Waals surface area contributed by atoms with Gasteiger partial charge in [-0.2, -0.15) is 0 Å². The van der Waals surface area contributed by atoms with Crippen molar-refractivity contribution >= 4 is 17.9 Å². The standard InChI is InChI=1S/C38H35NO2S/c1-28(39(2)37(40)41-26-36-34-24-14-12-22-32(34)33-23-13-15-25-35(33)36)27-42-38(29-16-6-3-7-17-29,30-18-8-4-9-19-30)31-20-10-5-11-21-31/h3-25,28,36H,26-27H2,1-2H3/t28-/m0/s1. The number of rotatable bonds is 9. The molecule has 0 radical (unpaired) electrons. The largest absolute Gasteiger partial charge is 0.448 e. The van der Waals surface area contributed by atoms with Crippen molar-refractivity contribution in [1.82, 2.24) is 4.90 Å². The Kier molecular flexibility index (Phi) is 8.16. The fraction of sp³-hybridized carbons (Fsp3) is 0.184. The molecule has 0 fully saturated rings. The van der Waals surface area contributed by atoms with Gasteiger partial charge in [0.1, 0.15) is 6.61 Å². The zero-order valence-electron chi connectivity index (χ0n) is 24.0. The second kappa shape index (κ2) is 12.3. The monoisotopic (exact) mass is 569 g/mol. The molecule has 0 saturated carbocycles. The normalized spacial score (nSPS) is 13.2. The Morgan fingerprint density at radius 3 is 1.55 bits per heavy atom. The summed E-state index contributed by atoms with van der Waals surface area (Å²) in [7, 11) is 1.85. The van der Waals surface area contributed by atoms with E-state index in [1.54, 1.807) is 4.90 Å². The summed E-state index contributed by atoms with van der Waals surface area (Å²) in [6, 6.07) is 48.8. The fourth-order valence-electron chi connectivity index (χ4n) is 6.00. The first-order chi connectivity index (χ1) is 20.6. The van der Waals surface area contributed by atoms with Crippen molar-refractivity contribution in [3.05, 3.63) is 167 Å². The maximum absolute atomic E-state index is 13.4. The molecule has 1 aliphatic carbocycles. The van der Waals surface area contributed by atoms with Gasteiger partial charge in [-0.3, -0.25) is 0 Å². The molecule has 0 N–H and O–H groups in total. The molecular weight excluding hydrogens is 534 g/mol. The van der Waals surface area contributed by atoms with Crippen molar-refractivity contribution in [2.24, 2.45) is 0 Å². The summed E-state index contributed by atoms with van der Waals surface area (Å²) < 4.78 is 5.56. The van der Waals surface area contributed by atoms with E-state index in [2.05, 4.69) is 146 Å². The van der Waals surface area contributed by atoms with Crippen LogP contribution in [0.4, 0.5) is 4.79 Å². The molecule has 0 heterocycles. The van der Waals surface area contributed by atoms with Crippen LogP contribution in [0.15, 0.2) is 140 Å².